The highest BCUT2D eigenvalue weighted by Crippen LogP contribution is 2.32. The molecule has 0 spiro atoms. The molecule has 1 aliphatic rings. The van der Waals surface area contributed by atoms with Gasteiger partial charge in [0.15, 0.2) is 0 Å². The van der Waals surface area contributed by atoms with Gasteiger partial charge in [0.25, 0.3) is 5.89 Å². The van der Waals surface area contributed by atoms with Crippen LogP contribution in [-0.4, -0.2) is 69.6 Å². The minimum Gasteiger partial charge on any atom is -0.490 e. The number of amides is 1. The summed E-state index contributed by atoms with van der Waals surface area (Å²) in [5.41, 5.74) is 10.8. The quantitative estimate of drug-likeness (QED) is 0.385. The fourth-order valence-electron chi connectivity index (χ4n) is 5.07. The van der Waals surface area contributed by atoms with E-state index in [0.29, 0.717) is 54.5 Å². The van der Waals surface area contributed by atoms with Crippen LogP contribution in [0.15, 0.2) is 34.9 Å². The monoisotopic (exact) mass is 519 g/mol. The van der Waals surface area contributed by atoms with E-state index in [0.717, 1.165) is 22.3 Å². The van der Waals surface area contributed by atoms with Crippen LogP contribution in [-0.2, 0) is 17.6 Å². The van der Waals surface area contributed by atoms with Crippen LogP contribution in [0.5, 0.6) is 5.75 Å². The minimum atomic E-state index is -0.741. The lowest BCUT2D eigenvalue weighted by atomic mass is 9.93. The molecule has 2 heterocycles. The van der Waals surface area contributed by atoms with Crippen molar-refractivity contribution < 1.29 is 24.3 Å². The van der Waals surface area contributed by atoms with Crippen LogP contribution >= 0.6 is 0 Å². The fourth-order valence-corrected chi connectivity index (χ4v) is 5.07. The van der Waals surface area contributed by atoms with E-state index in [1.807, 2.05) is 37.8 Å². The summed E-state index contributed by atoms with van der Waals surface area (Å²) < 4.78 is 11.3. The Kier molecular flexibility index (Phi) is 8.42. The number of carbonyl (C=O) groups is 1. The molecule has 1 aromatic heterocycles. The van der Waals surface area contributed by atoms with Crippen molar-refractivity contribution in [2.24, 2.45) is 11.7 Å². The van der Waals surface area contributed by atoms with Crippen molar-refractivity contribution in [3.8, 4) is 34.7 Å². The first-order valence-electron chi connectivity index (χ1n) is 12.7. The van der Waals surface area contributed by atoms with Crippen LogP contribution in [0.1, 0.15) is 36.1 Å². The summed E-state index contributed by atoms with van der Waals surface area (Å²) in [7, 11) is 0. The lowest BCUT2D eigenvalue weighted by Gasteiger charge is -2.32. The normalized spacial score (nSPS) is 14.7. The molecule has 0 aliphatic carbocycles. The summed E-state index contributed by atoms with van der Waals surface area (Å²) in [6.07, 6.45) is 1.30. The Morgan fingerprint density at radius 3 is 2.61 bits per heavy atom. The van der Waals surface area contributed by atoms with Crippen LogP contribution in [0, 0.1) is 24.2 Å². The van der Waals surface area contributed by atoms with Gasteiger partial charge in [0.2, 0.25) is 11.7 Å². The first-order chi connectivity index (χ1) is 18.3. The van der Waals surface area contributed by atoms with Crippen LogP contribution in [0.25, 0.3) is 22.8 Å². The summed E-state index contributed by atoms with van der Waals surface area (Å²) in [4.78, 5) is 18.7. The van der Waals surface area contributed by atoms with Gasteiger partial charge in [0.05, 0.1) is 30.9 Å². The molecular weight excluding hydrogens is 486 g/mol. The molecular formula is C28H33N5O5. The number of hydrogen-bond donors (Lipinski definition) is 3. The molecule has 1 amide bonds. The topological polar surface area (TPSA) is 159 Å². The van der Waals surface area contributed by atoms with Crippen LogP contribution in [0.3, 0.4) is 0 Å². The molecule has 200 valence electrons. The van der Waals surface area contributed by atoms with E-state index < -0.39 is 17.9 Å². The Balaban J connectivity index is 1.59. The molecule has 4 rings (SSSR count). The lowest BCUT2D eigenvalue weighted by Crippen LogP contribution is -2.52. The van der Waals surface area contributed by atoms with E-state index in [1.54, 1.807) is 18.2 Å². The number of aliphatic hydroxyl groups excluding tert-OH is 2. The molecule has 1 unspecified atom stereocenters. The first kappa shape index (κ1) is 27.3. The average Bonchev–Trinajstić information content (AvgIpc) is 3.28. The fraction of sp³-hybridized carbons (Fsp3) is 0.429. The molecule has 0 saturated heterocycles. The van der Waals surface area contributed by atoms with Crippen LogP contribution in [0.2, 0.25) is 0 Å². The van der Waals surface area contributed by atoms with Gasteiger partial charge in [-0.1, -0.05) is 17.3 Å². The Bertz CT molecular complexity index is 1340. The second-order valence-electron chi connectivity index (χ2n) is 9.80. The molecule has 0 radical (unpaired) electrons. The second kappa shape index (κ2) is 11.7. The summed E-state index contributed by atoms with van der Waals surface area (Å²) >= 11 is 0. The maximum atomic E-state index is 12.2. The highest BCUT2D eigenvalue weighted by atomic mass is 16.5. The third kappa shape index (κ3) is 5.55. The number of nitrogens with zero attached hydrogens (tertiary/aromatic N) is 4. The maximum absolute atomic E-state index is 12.2. The standard InChI is InChI=1S/C28H33N5O5/c1-16(2)37-24-7-5-19(12-20(24)13-29)28-31-27(32-38-28)23-6-4-18-8-10-33(11-9-22(18)17(23)3)25(26(30)36)21(14-34)15-35/h4-7,12,16,21,25,34-35H,8-11,14-15H2,1-3H3,(H2,30,36). The van der Waals surface area contributed by atoms with E-state index in [2.05, 4.69) is 16.2 Å². The number of primary amides is 1. The van der Waals surface area contributed by atoms with Crippen molar-refractivity contribution in [1.82, 2.24) is 15.0 Å². The summed E-state index contributed by atoms with van der Waals surface area (Å²) in [5.74, 6) is 0.0684. The molecule has 1 atom stereocenters. The van der Waals surface area contributed by atoms with Crippen molar-refractivity contribution in [1.29, 1.82) is 5.26 Å². The summed E-state index contributed by atoms with van der Waals surface area (Å²) in [5, 5.41) is 33.1. The predicted molar refractivity (Wildman–Crippen MR) is 140 cm³/mol. The van der Waals surface area contributed by atoms with Crippen molar-refractivity contribution >= 4 is 5.91 Å². The molecule has 4 N–H and O–H groups in total. The van der Waals surface area contributed by atoms with Gasteiger partial charge in [-0.3, -0.25) is 9.69 Å². The van der Waals surface area contributed by atoms with E-state index in [-0.39, 0.29) is 19.3 Å². The first-order valence-corrected chi connectivity index (χ1v) is 12.7. The molecule has 10 nitrogen and oxygen atoms in total. The number of hydrogen-bond acceptors (Lipinski definition) is 9. The number of nitrogens with two attached hydrogens (primary N) is 1. The van der Waals surface area contributed by atoms with Gasteiger partial charge in [-0.05, 0) is 68.5 Å². The third-order valence-electron chi connectivity index (χ3n) is 6.99. The van der Waals surface area contributed by atoms with E-state index in [4.69, 9.17) is 15.0 Å². The van der Waals surface area contributed by atoms with E-state index >= 15 is 0 Å². The zero-order chi connectivity index (χ0) is 27.4. The van der Waals surface area contributed by atoms with Crippen molar-refractivity contribution in [2.45, 2.75) is 45.8 Å². The maximum Gasteiger partial charge on any atom is 0.258 e. The number of fused-ring (bicyclic) bond motifs is 1. The van der Waals surface area contributed by atoms with Crippen molar-refractivity contribution in [3.05, 3.63) is 52.6 Å². The molecule has 3 aromatic rings. The van der Waals surface area contributed by atoms with Crippen LogP contribution in [0.4, 0.5) is 0 Å². The number of carbonyl (C=O) groups excluding carboxylic acids is 1. The SMILES string of the molecule is Cc1c(-c2noc(-c3ccc(OC(C)C)c(C#N)c3)n2)ccc2c1CCN(C(C(N)=O)C(CO)CO)CC2. The van der Waals surface area contributed by atoms with Gasteiger partial charge in [-0.25, -0.2) is 0 Å². The Morgan fingerprint density at radius 2 is 1.95 bits per heavy atom. The van der Waals surface area contributed by atoms with Gasteiger partial charge in [0.1, 0.15) is 11.8 Å². The molecule has 0 fully saturated rings. The molecule has 0 bridgehead atoms. The predicted octanol–water partition coefficient (Wildman–Crippen LogP) is 2.23. The van der Waals surface area contributed by atoms with Gasteiger partial charge in [-0.2, -0.15) is 10.2 Å². The number of aromatic nitrogens is 2. The Labute approximate surface area is 221 Å². The molecule has 2 aromatic carbocycles. The zero-order valence-corrected chi connectivity index (χ0v) is 21.8. The molecule has 38 heavy (non-hydrogen) atoms. The lowest BCUT2D eigenvalue weighted by molar-refractivity contribution is -0.126. The number of rotatable bonds is 9. The average molecular weight is 520 g/mol. The molecule has 1 aliphatic heterocycles. The number of nitriles is 1. The van der Waals surface area contributed by atoms with Gasteiger partial charge >= 0.3 is 0 Å². The van der Waals surface area contributed by atoms with Crippen molar-refractivity contribution in [2.75, 3.05) is 26.3 Å². The molecule has 0 saturated carbocycles. The largest absolute Gasteiger partial charge is 0.490 e. The highest BCUT2D eigenvalue weighted by Gasteiger charge is 2.33. The zero-order valence-electron chi connectivity index (χ0n) is 21.8. The number of ether oxygens (including phenoxy) is 1. The highest BCUT2D eigenvalue weighted by molar-refractivity contribution is 5.80. The number of benzene rings is 2. The van der Waals surface area contributed by atoms with Crippen molar-refractivity contribution in [3.63, 3.8) is 0 Å². The van der Waals surface area contributed by atoms with Gasteiger partial charge < -0.3 is 25.2 Å². The summed E-state index contributed by atoms with van der Waals surface area (Å²) in [6, 6.07) is 10.6. The smallest absolute Gasteiger partial charge is 0.258 e. The Morgan fingerprint density at radius 1 is 1.21 bits per heavy atom. The van der Waals surface area contributed by atoms with Gasteiger partial charge in [0, 0.05) is 30.1 Å². The second-order valence-corrected chi connectivity index (χ2v) is 9.80. The summed E-state index contributed by atoms with van der Waals surface area (Å²) in [6.45, 7) is 6.32. The Hall–Kier alpha value is -3.78. The van der Waals surface area contributed by atoms with E-state index in [9.17, 15) is 20.3 Å². The minimum absolute atomic E-state index is 0.0568. The van der Waals surface area contributed by atoms with Crippen LogP contribution < -0.4 is 10.5 Å². The number of aliphatic hydroxyl groups is 2. The third-order valence-corrected chi connectivity index (χ3v) is 6.99. The van der Waals surface area contributed by atoms with Gasteiger partial charge in [-0.15, -0.1) is 0 Å². The molecule has 10 heteroatoms. The van der Waals surface area contributed by atoms with E-state index in [1.165, 1.54) is 0 Å².